The van der Waals surface area contributed by atoms with Crippen LogP contribution in [-0.4, -0.2) is 0 Å². The summed E-state index contributed by atoms with van der Waals surface area (Å²) < 4.78 is 0. The van der Waals surface area contributed by atoms with E-state index in [-0.39, 0.29) is 19.5 Å². The van der Waals surface area contributed by atoms with E-state index in [0.29, 0.717) is 5.92 Å². The van der Waals surface area contributed by atoms with E-state index in [2.05, 4.69) is 49.0 Å². The first-order chi connectivity index (χ1) is 8.34. The van der Waals surface area contributed by atoms with Gasteiger partial charge in [-0.1, -0.05) is 30.8 Å². The van der Waals surface area contributed by atoms with Crippen molar-refractivity contribution in [3.63, 3.8) is 0 Å². The molecule has 1 heteroatoms. The summed E-state index contributed by atoms with van der Waals surface area (Å²) in [5, 5.41) is 0. The Morgan fingerprint density at radius 1 is 1.00 bits per heavy atom. The zero-order chi connectivity index (χ0) is 11.7. The third kappa shape index (κ3) is 2.47. The Bertz CT molecular complexity index is 543. The summed E-state index contributed by atoms with van der Waals surface area (Å²) in [6, 6.07) is 20.1. The van der Waals surface area contributed by atoms with Gasteiger partial charge >= 0.3 is 19.5 Å². The summed E-state index contributed by atoms with van der Waals surface area (Å²) in [5.74, 6) is 0.576. The molecular formula is C17H15Ru. The molecule has 3 rings (SSSR count). The van der Waals surface area contributed by atoms with E-state index in [9.17, 15) is 0 Å². The maximum atomic E-state index is 4.22. The first-order valence-electron chi connectivity index (χ1n) is 6.06. The molecule has 0 saturated heterocycles. The summed E-state index contributed by atoms with van der Waals surface area (Å²) in [7, 11) is 0. The zero-order valence-corrected chi connectivity index (χ0v) is 11.9. The van der Waals surface area contributed by atoms with Crippen LogP contribution in [0.3, 0.4) is 0 Å². The zero-order valence-electron chi connectivity index (χ0n) is 10.2. The average molecular weight is 320 g/mol. The number of allylic oxidation sites excluding steroid dienone is 1. The Hall–Kier alpha value is -1.20. The SMILES string of the molecule is C=C1CC(c2cc[c-]cc2)Cc2ccccc21.[Ru+]. The molecule has 0 heterocycles. The fraction of sp³-hybridized carbons (Fsp3) is 0.176. The Balaban J connectivity index is 0.00000120. The molecule has 18 heavy (non-hydrogen) atoms. The molecule has 0 bridgehead atoms. The van der Waals surface area contributed by atoms with Gasteiger partial charge in [0.05, 0.1) is 0 Å². The monoisotopic (exact) mass is 321 g/mol. The van der Waals surface area contributed by atoms with Crippen LogP contribution in [0, 0.1) is 6.07 Å². The molecule has 0 fully saturated rings. The minimum absolute atomic E-state index is 0. The van der Waals surface area contributed by atoms with Crippen LogP contribution < -0.4 is 0 Å². The van der Waals surface area contributed by atoms with Crippen molar-refractivity contribution in [2.24, 2.45) is 0 Å². The van der Waals surface area contributed by atoms with Gasteiger partial charge in [-0.15, -0.1) is 0 Å². The van der Waals surface area contributed by atoms with Crippen molar-refractivity contribution >= 4 is 5.57 Å². The molecule has 0 nitrogen and oxygen atoms in total. The molecule has 0 spiro atoms. The molecule has 1 radical (unpaired) electrons. The van der Waals surface area contributed by atoms with Crippen LogP contribution in [0.15, 0.2) is 55.1 Å². The van der Waals surface area contributed by atoms with Gasteiger partial charge in [0.15, 0.2) is 0 Å². The summed E-state index contributed by atoms with van der Waals surface area (Å²) >= 11 is 0. The first kappa shape index (κ1) is 13.2. The van der Waals surface area contributed by atoms with Crippen molar-refractivity contribution in [2.75, 3.05) is 0 Å². The Labute approximate surface area is 122 Å². The maximum absolute atomic E-state index is 4.22. The smallest absolute Gasteiger partial charge is 0.184 e. The minimum atomic E-state index is 0. The van der Waals surface area contributed by atoms with Crippen molar-refractivity contribution in [3.8, 4) is 0 Å². The van der Waals surface area contributed by atoms with Gasteiger partial charge in [0.1, 0.15) is 0 Å². The molecule has 0 amide bonds. The average Bonchev–Trinajstić information content (AvgIpc) is 2.40. The molecule has 2 aromatic rings. The third-order valence-corrected chi connectivity index (χ3v) is 3.57. The van der Waals surface area contributed by atoms with E-state index in [1.807, 2.05) is 12.1 Å². The van der Waals surface area contributed by atoms with Gasteiger partial charge in [0.25, 0.3) is 0 Å². The number of hydrogen-bond acceptors (Lipinski definition) is 0. The maximum Gasteiger partial charge on any atom is 1.00 e. The number of fused-ring (bicyclic) bond motifs is 1. The van der Waals surface area contributed by atoms with Gasteiger partial charge in [-0.3, -0.25) is 0 Å². The fourth-order valence-corrected chi connectivity index (χ4v) is 2.70. The molecular weight excluding hydrogens is 305 g/mol. The van der Waals surface area contributed by atoms with Crippen LogP contribution in [0.1, 0.15) is 29.0 Å². The van der Waals surface area contributed by atoms with Crippen LogP contribution in [0.5, 0.6) is 0 Å². The van der Waals surface area contributed by atoms with E-state index in [1.54, 1.807) is 0 Å². The molecule has 0 N–H and O–H groups in total. The van der Waals surface area contributed by atoms with Crippen molar-refractivity contribution in [1.82, 2.24) is 0 Å². The van der Waals surface area contributed by atoms with Gasteiger partial charge < -0.3 is 0 Å². The standard InChI is InChI=1S/C17H15.Ru/c1-13-11-16(14-7-3-2-4-8-14)12-15-9-5-6-10-17(13)15;/h3-10,16H,1,11-12H2;/q-1;+1. The van der Waals surface area contributed by atoms with E-state index in [4.69, 9.17) is 0 Å². The Morgan fingerprint density at radius 3 is 2.50 bits per heavy atom. The van der Waals surface area contributed by atoms with Crippen LogP contribution in [0.4, 0.5) is 0 Å². The molecule has 1 aliphatic carbocycles. The van der Waals surface area contributed by atoms with Gasteiger partial charge in [-0.2, -0.15) is 35.9 Å². The molecule has 1 aliphatic rings. The van der Waals surface area contributed by atoms with Gasteiger partial charge in [0.2, 0.25) is 0 Å². The topological polar surface area (TPSA) is 0 Å². The summed E-state index contributed by atoms with van der Waals surface area (Å²) in [6.45, 7) is 4.22. The normalized spacial score (nSPS) is 17.8. The fourth-order valence-electron chi connectivity index (χ4n) is 2.70. The van der Waals surface area contributed by atoms with Gasteiger partial charge in [0, 0.05) is 0 Å². The molecule has 0 aromatic heterocycles. The number of hydrogen-bond donors (Lipinski definition) is 0. The van der Waals surface area contributed by atoms with E-state index < -0.39 is 0 Å². The second-order valence-corrected chi connectivity index (χ2v) is 4.70. The molecule has 0 aliphatic heterocycles. The molecule has 1 atom stereocenters. The van der Waals surface area contributed by atoms with E-state index >= 15 is 0 Å². The summed E-state index contributed by atoms with van der Waals surface area (Å²) in [6.07, 6.45) is 2.19. The predicted molar refractivity (Wildman–Crippen MR) is 71.8 cm³/mol. The number of rotatable bonds is 1. The second kappa shape index (κ2) is 5.63. The van der Waals surface area contributed by atoms with E-state index in [0.717, 1.165) is 12.8 Å². The van der Waals surface area contributed by atoms with Crippen LogP contribution >= 0.6 is 0 Å². The van der Waals surface area contributed by atoms with Crippen molar-refractivity contribution in [3.05, 3.63) is 77.9 Å². The largest absolute Gasteiger partial charge is 1.00 e. The molecule has 0 saturated carbocycles. The van der Waals surface area contributed by atoms with Crippen LogP contribution in [0.2, 0.25) is 0 Å². The quantitative estimate of drug-likeness (QED) is 0.545. The van der Waals surface area contributed by atoms with Crippen molar-refractivity contribution < 1.29 is 19.5 Å². The third-order valence-electron chi connectivity index (χ3n) is 3.57. The Morgan fingerprint density at radius 2 is 1.72 bits per heavy atom. The van der Waals surface area contributed by atoms with E-state index in [1.165, 1.54) is 22.3 Å². The predicted octanol–water partition coefficient (Wildman–Crippen LogP) is 4.23. The first-order valence-corrected chi connectivity index (χ1v) is 6.06. The minimum Gasteiger partial charge on any atom is -0.184 e. The van der Waals surface area contributed by atoms with Gasteiger partial charge in [-0.05, 0) is 35.5 Å². The molecule has 2 aromatic carbocycles. The Kier molecular flexibility index (Phi) is 4.14. The molecule has 1 unspecified atom stereocenters. The second-order valence-electron chi connectivity index (χ2n) is 4.70. The summed E-state index contributed by atoms with van der Waals surface area (Å²) in [4.78, 5) is 0. The number of benzene rings is 2. The van der Waals surface area contributed by atoms with Crippen LogP contribution in [0.25, 0.3) is 5.57 Å². The van der Waals surface area contributed by atoms with Crippen LogP contribution in [-0.2, 0) is 25.9 Å². The molecule has 91 valence electrons. The van der Waals surface area contributed by atoms with Crippen molar-refractivity contribution in [1.29, 1.82) is 0 Å². The summed E-state index contributed by atoms with van der Waals surface area (Å²) in [5.41, 5.74) is 5.46. The van der Waals surface area contributed by atoms with Gasteiger partial charge in [-0.25, -0.2) is 0 Å². The van der Waals surface area contributed by atoms with Crippen molar-refractivity contribution in [2.45, 2.75) is 18.8 Å².